The Morgan fingerprint density at radius 3 is 2.35 bits per heavy atom. The number of carbonyl (C=O) groups is 1. The van der Waals surface area contributed by atoms with Gasteiger partial charge in [-0.2, -0.15) is 0 Å². The van der Waals surface area contributed by atoms with Crippen LogP contribution in [0, 0.1) is 12.3 Å². The first-order valence-electron chi connectivity index (χ1n) is 7.01. The molecule has 98 valence electrons. The van der Waals surface area contributed by atoms with Gasteiger partial charge in [0.1, 0.15) is 0 Å². The summed E-state index contributed by atoms with van der Waals surface area (Å²) in [6.07, 6.45) is 16.2. The minimum Gasteiger partial charge on any atom is -0.356 e. The summed E-state index contributed by atoms with van der Waals surface area (Å²) in [5.74, 6) is 2.74. The van der Waals surface area contributed by atoms with Crippen molar-refractivity contribution in [3.63, 3.8) is 0 Å². The minimum atomic E-state index is 0.176. The van der Waals surface area contributed by atoms with Gasteiger partial charge in [0.05, 0.1) is 0 Å². The smallest absolute Gasteiger partial charge is 0.219 e. The van der Waals surface area contributed by atoms with Gasteiger partial charge in [0.2, 0.25) is 5.91 Å². The summed E-state index contributed by atoms with van der Waals surface area (Å²) in [4.78, 5) is 11.4. The zero-order chi connectivity index (χ0) is 12.8. The van der Waals surface area contributed by atoms with Crippen molar-refractivity contribution in [2.24, 2.45) is 0 Å². The summed E-state index contributed by atoms with van der Waals surface area (Å²) in [6.45, 7) is 2.95. The van der Waals surface area contributed by atoms with Crippen LogP contribution in [0.3, 0.4) is 0 Å². The van der Waals surface area contributed by atoms with Crippen LogP contribution < -0.4 is 5.32 Å². The predicted octanol–water partition coefficient (Wildman–Crippen LogP) is 3.66. The Hall–Kier alpha value is -0.970. The molecule has 0 aliphatic heterocycles. The molecule has 0 aliphatic carbocycles. The lowest BCUT2D eigenvalue weighted by molar-refractivity contribution is -0.121. The minimum absolute atomic E-state index is 0.176. The molecule has 0 aromatic heterocycles. The van der Waals surface area contributed by atoms with Gasteiger partial charge in [-0.15, -0.1) is 12.3 Å². The van der Waals surface area contributed by atoms with E-state index < -0.39 is 0 Å². The van der Waals surface area contributed by atoms with Crippen molar-refractivity contribution in [1.29, 1.82) is 0 Å². The molecule has 0 aliphatic rings. The molecule has 0 saturated heterocycles. The number of amides is 1. The van der Waals surface area contributed by atoms with Crippen molar-refractivity contribution in [1.82, 2.24) is 5.32 Å². The first-order valence-corrected chi connectivity index (χ1v) is 7.01. The fraction of sp³-hybridized carbons (Fsp3) is 0.800. The number of nitrogens with one attached hydrogen (secondary N) is 1. The Bertz CT molecular complexity index is 217. The summed E-state index contributed by atoms with van der Waals surface area (Å²) >= 11 is 0. The van der Waals surface area contributed by atoms with E-state index in [4.69, 9.17) is 6.42 Å². The molecule has 0 aromatic carbocycles. The molecule has 2 nitrogen and oxygen atoms in total. The summed E-state index contributed by atoms with van der Waals surface area (Å²) in [7, 11) is 0. The third-order valence-corrected chi connectivity index (χ3v) is 2.83. The van der Waals surface area contributed by atoms with Gasteiger partial charge in [0.15, 0.2) is 0 Å². The van der Waals surface area contributed by atoms with Gasteiger partial charge in [-0.1, -0.05) is 45.4 Å². The molecule has 0 aromatic rings. The van der Waals surface area contributed by atoms with E-state index in [1.165, 1.54) is 38.5 Å². The Labute approximate surface area is 107 Å². The Balaban J connectivity index is 3.14. The average molecular weight is 237 g/mol. The molecule has 0 heterocycles. The highest BCUT2D eigenvalue weighted by molar-refractivity contribution is 5.75. The fourth-order valence-electron chi connectivity index (χ4n) is 1.75. The van der Waals surface area contributed by atoms with Crippen LogP contribution in [-0.4, -0.2) is 12.5 Å². The maximum atomic E-state index is 11.4. The van der Waals surface area contributed by atoms with E-state index in [2.05, 4.69) is 18.2 Å². The van der Waals surface area contributed by atoms with Crippen LogP contribution in [0.2, 0.25) is 0 Å². The lowest BCUT2D eigenvalue weighted by Crippen LogP contribution is -2.23. The highest BCUT2D eigenvalue weighted by Crippen LogP contribution is 2.08. The number of carbonyl (C=O) groups excluding carboxylic acids is 1. The quantitative estimate of drug-likeness (QED) is 0.431. The lowest BCUT2D eigenvalue weighted by Gasteiger charge is -2.04. The molecular weight excluding hydrogens is 210 g/mol. The van der Waals surface area contributed by atoms with E-state index in [0.29, 0.717) is 6.42 Å². The molecule has 0 fully saturated rings. The second-order valence-corrected chi connectivity index (χ2v) is 4.53. The zero-order valence-electron chi connectivity index (χ0n) is 11.3. The van der Waals surface area contributed by atoms with E-state index in [1.54, 1.807) is 0 Å². The monoisotopic (exact) mass is 237 g/mol. The Kier molecular flexibility index (Phi) is 12.3. The van der Waals surface area contributed by atoms with Crippen LogP contribution in [0.25, 0.3) is 0 Å². The maximum absolute atomic E-state index is 11.4. The molecular formula is C15H27NO. The Morgan fingerprint density at radius 1 is 1.06 bits per heavy atom. The van der Waals surface area contributed by atoms with Crippen molar-refractivity contribution in [3.8, 4) is 12.3 Å². The largest absolute Gasteiger partial charge is 0.356 e. The van der Waals surface area contributed by atoms with Gasteiger partial charge in [-0.3, -0.25) is 4.79 Å². The molecule has 0 unspecified atom stereocenters. The van der Waals surface area contributed by atoms with Crippen molar-refractivity contribution in [2.75, 3.05) is 6.54 Å². The molecule has 1 amide bonds. The van der Waals surface area contributed by atoms with Crippen LogP contribution in [0.4, 0.5) is 0 Å². The SMILES string of the molecule is C#CCCCNC(=O)CCCCCCCCC. The van der Waals surface area contributed by atoms with Crippen molar-refractivity contribution >= 4 is 5.91 Å². The summed E-state index contributed by atoms with van der Waals surface area (Å²) < 4.78 is 0. The van der Waals surface area contributed by atoms with Gasteiger partial charge in [-0.05, 0) is 12.8 Å². The van der Waals surface area contributed by atoms with Gasteiger partial charge in [0, 0.05) is 19.4 Å². The fourth-order valence-corrected chi connectivity index (χ4v) is 1.75. The maximum Gasteiger partial charge on any atom is 0.219 e. The highest BCUT2D eigenvalue weighted by atomic mass is 16.1. The van der Waals surface area contributed by atoms with Crippen LogP contribution >= 0.6 is 0 Å². The number of hydrogen-bond acceptors (Lipinski definition) is 1. The average Bonchev–Trinajstić information content (AvgIpc) is 2.33. The zero-order valence-corrected chi connectivity index (χ0v) is 11.3. The van der Waals surface area contributed by atoms with E-state index >= 15 is 0 Å². The molecule has 0 atom stereocenters. The third kappa shape index (κ3) is 13.0. The molecule has 1 N–H and O–H groups in total. The van der Waals surface area contributed by atoms with Gasteiger partial charge in [0.25, 0.3) is 0 Å². The second kappa shape index (κ2) is 13.1. The van der Waals surface area contributed by atoms with Gasteiger partial charge in [-0.25, -0.2) is 0 Å². The predicted molar refractivity (Wildman–Crippen MR) is 73.7 cm³/mol. The first-order chi connectivity index (χ1) is 8.31. The summed E-state index contributed by atoms with van der Waals surface area (Å²) in [6, 6.07) is 0. The van der Waals surface area contributed by atoms with Crippen molar-refractivity contribution in [2.45, 2.75) is 71.1 Å². The number of hydrogen-bond donors (Lipinski definition) is 1. The summed E-state index contributed by atoms with van der Waals surface area (Å²) in [5, 5.41) is 2.89. The molecule has 0 bridgehead atoms. The molecule has 17 heavy (non-hydrogen) atoms. The molecule has 0 saturated carbocycles. The van der Waals surface area contributed by atoms with Crippen LogP contribution in [-0.2, 0) is 4.79 Å². The first kappa shape index (κ1) is 16.0. The van der Waals surface area contributed by atoms with Gasteiger partial charge >= 0.3 is 0 Å². The second-order valence-electron chi connectivity index (χ2n) is 4.53. The number of rotatable bonds is 11. The van der Waals surface area contributed by atoms with Crippen LogP contribution in [0.15, 0.2) is 0 Å². The van der Waals surface area contributed by atoms with Crippen molar-refractivity contribution in [3.05, 3.63) is 0 Å². The topological polar surface area (TPSA) is 29.1 Å². The molecule has 0 spiro atoms. The van der Waals surface area contributed by atoms with Gasteiger partial charge < -0.3 is 5.32 Å². The molecule has 0 rings (SSSR count). The lowest BCUT2D eigenvalue weighted by atomic mass is 10.1. The van der Waals surface area contributed by atoms with E-state index in [1.807, 2.05) is 0 Å². The standard InChI is InChI=1S/C15H27NO/c1-3-5-7-8-9-10-11-13-15(17)16-14-12-6-4-2/h2H,3,5-14H2,1H3,(H,16,17). The van der Waals surface area contributed by atoms with E-state index in [9.17, 15) is 4.79 Å². The Morgan fingerprint density at radius 2 is 1.71 bits per heavy atom. The normalized spacial score (nSPS) is 9.88. The third-order valence-electron chi connectivity index (χ3n) is 2.83. The van der Waals surface area contributed by atoms with Crippen molar-refractivity contribution < 1.29 is 4.79 Å². The van der Waals surface area contributed by atoms with Crippen LogP contribution in [0.5, 0.6) is 0 Å². The highest BCUT2D eigenvalue weighted by Gasteiger charge is 1.99. The van der Waals surface area contributed by atoms with E-state index in [-0.39, 0.29) is 5.91 Å². The summed E-state index contributed by atoms with van der Waals surface area (Å²) in [5.41, 5.74) is 0. The number of terminal acetylenes is 1. The number of unbranched alkanes of at least 4 members (excludes halogenated alkanes) is 7. The van der Waals surface area contributed by atoms with E-state index in [0.717, 1.165) is 25.8 Å². The molecule has 2 heteroatoms. The van der Waals surface area contributed by atoms with Crippen LogP contribution in [0.1, 0.15) is 71.1 Å². The molecule has 0 radical (unpaired) electrons.